The summed E-state index contributed by atoms with van der Waals surface area (Å²) >= 11 is 0. The number of nitrogens with two attached hydrogens (primary N) is 1. The monoisotopic (exact) mass is 553 g/mol. The van der Waals surface area contributed by atoms with E-state index in [1.54, 1.807) is 0 Å². The van der Waals surface area contributed by atoms with Crippen LogP contribution in [0, 0.1) is 11.8 Å². The molecule has 2 saturated carbocycles. The van der Waals surface area contributed by atoms with E-state index in [0.717, 1.165) is 57.3 Å². The molecule has 0 radical (unpaired) electrons. The van der Waals surface area contributed by atoms with Crippen LogP contribution in [0.1, 0.15) is 109 Å². The number of imidazole rings is 1. The summed E-state index contributed by atoms with van der Waals surface area (Å²) in [7, 11) is 0. The normalized spacial score (nSPS) is 23.9. The molecular weight excluding hydrogens is 502 g/mol. The molecule has 222 valence electrons. The van der Waals surface area contributed by atoms with Gasteiger partial charge in [-0.3, -0.25) is 4.57 Å². The molecule has 2 aromatic heterocycles. The number of likely N-dealkylation sites (tertiary alicyclic amines) is 2. The number of nitrogens with zero attached hydrogens (tertiary/aromatic N) is 5. The number of unbranched alkanes of at least 4 members (excludes halogenated alkanes) is 1. The van der Waals surface area contributed by atoms with Crippen LogP contribution in [0.2, 0.25) is 0 Å². The van der Waals surface area contributed by atoms with Crippen molar-refractivity contribution >= 4 is 17.0 Å². The summed E-state index contributed by atoms with van der Waals surface area (Å²) in [6, 6.07) is 1.97. The molecule has 40 heavy (non-hydrogen) atoms. The molecule has 2 aliphatic carbocycles. The highest BCUT2D eigenvalue weighted by Crippen LogP contribution is 2.39. The molecule has 4 fully saturated rings. The summed E-state index contributed by atoms with van der Waals surface area (Å²) in [4.78, 5) is 31.3. The molecule has 4 aliphatic rings. The van der Waals surface area contributed by atoms with Gasteiger partial charge >= 0.3 is 11.7 Å². The largest absolute Gasteiger partial charge is 0.463 e. The minimum absolute atomic E-state index is 0.103. The van der Waals surface area contributed by atoms with Crippen LogP contribution in [0.25, 0.3) is 11.2 Å². The molecule has 0 bridgehead atoms. The Morgan fingerprint density at radius 3 is 2.10 bits per heavy atom. The van der Waals surface area contributed by atoms with Crippen molar-refractivity contribution < 1.29 is 4.74 Å². The van der Waals surface area contributed by atoms with Crippen molar-refractivity contribution in [3.63, 3.8) is 0 Å². The number of aromatic nitrogens is 4. The lowest BCUT2D eigenvalue weighted by Crippen LogP contribution is -2.44. The second kappa shape index (κ2) is 12.8. The van der Waals surface area contributed by atoms with Crippen LogP contribution in [0.5, 0.6) is 6.01 Å². The molecule has 0 spiro atoms. The van der Waals surface area contributed by atoms with Gasteiger partial charge in [-0.2, -0.15) is 9.97 Å². The third kappa shape index (κ3) is 6.06. The van der Waals surface area contributed by atoms with Crippen LogP contribution in [0.3, 0.4) is 0 Å². The van der Waals surface area contributed by atoms with E-state index in [1.807, 2.05) is 4.57 Å². The summed E-state index contributed by atoms with van der Waals surface area (Å²) < 4.78 is 7.82. The molecule has 1 atom stereocenters. The summed E-state index contributed by atoms with van der Waals surface area (Å²) in [5.74, 6) is 1.39. The Morgan fingerprint density at radius 2 is 1.50 bits per heavy atom. The van der Waals surface area contributed by atoms with Gasteiger partial charge in [0, 0.05) is 18.1 Å². The van der Waals surface area contributed by atoms with Gasteiger partial charge < -0.3 is 25.3 Å². The SMILES string of the molecule is CCCCOc1nc(N)c2[nH]c(=O)n(C(CC3CCN(C4CCCC4)CC3)C3CCN(C4CCCC4)CC3)c2n1. The number of H-pyrrole nitrogens is 1. The first-order valence-electron chi connectivity index (χ1n) is 16.5. The molecule has 0 amide bonds. The maximum atomic E-state index is 13.6. The highest BCUT2D eigenvalue weighted by Gasteiger charge is 2.36. The van der Waals surface area contributed by atoms with Crippen LogP contribution in [-0.2, 0) is 0 Å². The molecule has 1 unspecified atom stereocenters. The molecule has 2 aromatic rings. The van der Waals surface area contributed by atoms with Gasteiger partial charge in [0.05, 0.1) is 6.61 Å². The Bertz CT molecular complexity index is 1150. The predicted octanol–water partition coefficient (Wildman–Crippen LogP) is 5.12. The van der Waals surface area contributed by atoms with Gasteiger partial charge in [0.1, 0.15) is 5.52 Å². The third-order valence-corrected chi connectivity index (χ3v) is 10.7. The molecule has 3 N–H and O–H groups in total. The average Bonchev–Trinajstić information content (AvgIpc) is 3.75. The van der Waals surface area contributed by atoms with E-state index in [4.69, 9.17) is 15.5 Å². The van der Waals surface area contributed by atoms with E-state index in [0.29, 0.717) is 35.4 Å². The van der Waals surface area contributed by atoms with Crippen molar-refractivity contribution in [3.05, 3.63) is 10.5 Å². The zero-order valence-corrected chi connectivity index (χ0v) is 24.7. The summed E-state index contributed by atoms with van der Waals surface area (Å²) in [5.41, 5.74) is 7.41. The maximum absolute atomic E-state index is 13.6. The molecule has 9 heteroatoms. The zero-order valence-electron chi connectivity index (χ0n) is 24.7. The molecule has 2 aliphatic heterocycles. The van der Waals surface area contributed by atoms with Crippen molar-refractivity contribution in [1.29, 1.82) is 0 Å². The van der Waals surface area contributed by atoms with Gasteiger partial charge in [0.2, 0.25) is 0 Å². The summed E-state index contributed by atoms with van der Waals surface area (Å²) in [5, 5.41) is 0. The first-order valence-corrected chi connectivity index (χ1v) is 16.5. The fourth-order valence-electron chi connectivity index (χ4n) is 8.29. The Hall–Kier alpha value is -2.13. The second-order valence-corrected chi connectivity index (χ2v) is 13.1. The van der Waals surface area contributed by atoms with Crippen molar-refractivity contribution in [3.8, 4) is 6.01 Å². The van der Waals surface area contributed by atoms with Gasteiger partial charge in [-0.05, 0) is 102 Å². The van der Waals surface area contributed by atoms with Crippen LogP contribution in [0.4, 0.5) is 5.82 Å². The lowest BCUT2D eigenvalue weighted by atomic mass is 9.80. The van der Waals surface area contributed by atoms with E-state index in [-0.39, 0.29) is 17.7 Å². The Balaban J connectivity index is 1.24. The number of nitrogen functional groups attached to an aromatic ring is 1. The van der Waals surface area contributed by atoms with E-state index < -0.39 is 0 Å². The summed E-state index contributed by atoms with van der Waals surface area (Å²) in [6.45, 7) is 7.38. The number of anilines is 1. The van der Waals surface area contributed by atoms with Crippen LogP contribution in [0.15, 0.2) is 4.79 Å². The Kier molecular flexibility index (Phi) is 8.97. The second-order valence-electron chi connectivity index (χ2n) is 13.1. The quantitative estimate of drug-likeness (QED) is 0.393. The Labute approximate surface area is 239 Å². The first kappa shape index (κ1) is 28.0. The maximum Gasteiger partial charge on any atom is 0.328 e. The number of aromatic amines is 1. The van der Waals surface area contributed by atoms with Gasteiger partial charge in [0.25, 0.3) is 0 Å². The van der Waals surface area contributed by atoms with E-state index in [9.17, 15) is 4.79 Å². The van der Waals surface area contributed by atoms with E-state index >= 15 is 0 Å². The van der Waals surface area contributed by atoms with E-state index in [1.165, 1.54) is 77.3 Å². The fraction of sp³-hybridized carbons (Fsp3) is 0.839. The number of hydrogen-bond acceptors (Lipinski definition) is 7. The van der Waals surface area contributed by atoms with Crippen molar-refractivity contribution in [2.24, 2.45) is 11.8 Å². The number of fused-ring (bicyclic) bond motifs is 1. The number of rotatable bonds is 10. The smallest absolute Gasteiger partial charge is 0.328 e. The zero-order chi connectivity index (χ0) is 27.5. The average molecular weight is 554 g/mol. The fourth-order valence-corrected chi connectivity index (χ4v) is 8.29. The van der Waals surface area contributed by atoms with Gasteiger partial charge in [-0.15, -0.1) is 0 Å². The highest BCUT2D eigenvalue weighted by molar-refractivity contribution is 5.82. The standard InChI is InChI=1S/C31H51N7O2/c1-2-3-20-40-30-34-28(32)27-29(35-30)38(31(39)33-27)26(23-14-18-37(19-15-23)25-10-6-7-11-25)21-22-12-16-36(17-13-22)24-8-4-5-9-24/h22-26H,2-21H2,1H3,(H,33,39)(H2,32,34,35). The minimum atomic E-state index is -0.103. The first-order chi connectivity index (χ1) is 19.6. The third-order valence-electron chi connectivity index (χ3n) is 10.7. The summed E-state index contributed by atoms with van der Waals surface area (Å²) in [6.07, 6.45) is 18.7. The minimum Gasteiger partial charge on any atom is -0.463 e. The lowest BCUT2D eigenvalue weighted by Gasteiger charge is -2.41. The molecule has 6 rings (SSSR count). The highest BCUT2D eigenvalue weighted by atomic mass is 16.5. The van der Waals surface area contributed by atoms with Gasteiger partial charge in [0.15, 0.2) is 11.5 Å². The van der Waals surface area contributed by atoms with Crippen LogP contribution < -0.4 is 16.2 Å². The topological polar surface area (TPSA) is 105 Å². The van der Waals surface area contributed by atoms with Crippen molar-refractivity contribution in [1.82, 2.24) is 29.3 Å². The number of ether oxygens (including phenoxy) is 1. The molecular formula is C31H51N7O2. The van der Waals surface area contributed by atoms with Gasteiger partial charge in [-0.1, -0.05) is 39.0 Å². The molecule has 4 heterocycles. The van der Waals surface area contributed by atoms with Crippen LogP contribution >= 0.6 is 0 Å². The van der Waals surface area contributed by atoms with E-state index in [2.05, 4.69) is 26.7 Å². The number of piperidine rings is 2. The Morgan fingerprint density at radius 1 is 0.900 bits per heavy atom. The van der Waals surface area contributed by atoms with Gasteiger partial charge in [-0.25, -0.2) is 4.79 Å². The molecule has 2 saturated heterocycles. The molecule has 0 aromatic carbocycles. The predicted molar refractivity (Wildman–Crippen MR) is 160 cm³/mol. The lowest BCUT2D eigenvalue weighted by molar-refractivity contribution is 0.0867. The number of nitrogens with one attached hydrogen (secondary N) is 1. The van der Waals surface area contributed by atoms with Crippen molar-refractivity contribution in [2.75, 3.05) is 38.5 Å². The van der Waals surface area contributed by atoms with Crippen molar-refractivity contribution in [2.45, 2.75) is 121 Å². The number of hydrogen-bond donors (Lipinski definition) is 2. The molecule has 9 nitrogen and oxygen atoms in total. The van der Waals surface area contributed by atoms with Crippen LogP contribution in [-0.4, -0.2) is 74.2 Å².